The van der Waals surface area contributed by atoms with E-state index in [2.05, 4.69) is 0 Å². The van der Waals surface area contributed by atoms with Crippen LogP contribution in [0.25, 0.3) is 0 Å². The lowest BCUT2D eigenvalue weighted by Crippen LogP contribution is -2.09. The lowest BCUT2D eigenvalue weighted by Gasteiger charge is -2.16. The number of para-hydroxylation sites is 2. The number of hydrogen-bond donors (Lipinski definition) is 0. The van der Waals surface area contributed by atoms with Crippen molar-refractivity contribution in [2.45, 2.75) is 6.10 Å². The van der Waals surface area contributed by atoms with Crippen molar-refractivity contribution in [2.75, 3.05) is 0 Å². The maximum Gasteiger partial charge on any atom is 0.275 e. The van der Waals surface area contributed by atoms with Crippen molar-refractivity contribution in [3.05, 3.63) is 79.9 Å². The average Bonchev–Trinajstić information content (AvgIpc) is 2.48. The van der Waals surface area contributed by atoms with Gasteiger partial charge in [-0.25, -0.2) is 0 Å². The fraction of sp³-hybridized carbons (Fsp3) is 0.0769. The molecule has 7 nitrogen and oxygen atoms in total. The Bertz CT molecular complexity index is 634. The van der Waals surface area contributed by atoms with Crippen molar-refractivity contribution in [1.82, 2.24) is 0 Å². The molecule has 2 aromatic carbocycles. The molecule has 0 aliphatic carbocycles. The Kier molecular flexibility index (Phi) is 4.41. The molecule has 8 heteroatoms. The zero-order valence-electron chi connectivity index (χ0n) is 11.1. The van der Waals surface area contributed by atoms with Crippen LogP contribution in [-0.2, 0) is 4.43 Å². The van der Waals surface area contributed by atoms with E-state index in [1.54, 1.807) is 36.4 Å². The van der Waals surface area contributed by atoms with E-state index in [1.807, 2.05) is 0 Å². The number of hydrogen-bond acceptors (Lipinski definition) is 5. The standard InChI is InChI=1S/C13H12N2O5Si/c16-14(17)11-7-3-1-5-9(11)13(20-21)10-6-2-4-8-12(10)15(18)19/h1-8,13H,21H3. The van der Waals surface area contributed by atoms with Gasteiger partial charge in [-0.05, 0) is 12.1 Å². The van der Waals surface area contributed by atoms with Gasteiger partial charge in [0.15, 0.2) is 0 Å². The van der Waals surface area contributed by atoms with E-state index in [4.69, 9.17) is 4.43 Å². The molecule has 0 heterocycles. The minimum atomic E-state index is -0.820. The van der Waals surface area contributed by atoms with Gasteiger partial charge in [-0.15, -0.1) is 0 Å². The van der Waals surface area contributed by atoms with E-state index in [9.17, 15) is 20.2 Å². The Balaban J connectivity index is 2.61. The van der Waals surface area contributed by atoms with Crippen molar-refractivity contribution in [2.24, 2.45) is 0 Å². The summed E-state index contributed by atoms with van der Waals surface area (Å²) < 4.78 is 5.43. The fourth-order valence-electron chi connectivity index (χ4n) is 2.17. The van der Waals surface area contributed by atoms with Gasteiger partial charge in [-0.2, -0.15) is 0 Å². The molecule has 0 aliphatic rings. The van der Waals surface area contributed by atoms with Gasteiger partial charge in [0.2, 0.25) is 0 Å². The van der Waals surface area contributed by atoms with Crippen LogP contribution in [0.15, 0.2) is 48.5 Å². The third kappa shape index (κ3) is 2.96. The van der Waals surface area contributed by atoms with Crippen molar-refractivity contribution in [3.63, 3.8) is 0 Å². The van der Waals surface area contributed by atoms with Crippen LogP contribution < -0.4 is 0 Å². The van der Waals surface area contributed by atoms with E-state index < -0.39 is 16.0 Å². The largest absolute Gasteiger partial charge is 0.416 e. The van der Waals surface area contributed by atoms with Gasteiger partial charge in [0.1, 0.15) is 16.6 Å². The Labute approximate surface area is 123 Å². The average molecular weight is 304 g/mol. The summed E-state index contributed by atoms with van der Waals surface area (Å²) >= 11 is 0. The van der Waals surface area contributed by atoms with Crippen LogP contribution in [0.5, 0.6) is 0 Å². The van der Waals surface area contributed by atoms with E-state index in [1.165, 1.54) is 12.1 Å². The normalized spacial score (nSPS) is 10.7. The summed E-state index contributed by atoms with van der Waals surface area (Å²) in [5.74, 6) is 0. The van der Waals surface area contributed by atoms with Crippen molar-refractivity contribution >= 4 is 21.9 Å². The maximum atomic E-state index is 11.1. The first kappa shape index (κ1) is 14.8. The molecule has 0 spiro atoms. The summed E-state index contributed by atoms with van der Waals surface area (Å²) in [6.07, 6.45) is -0.820. The molecule has 0 saturated heterocycles. The lowest BCUT2D eigenvalue weighted by molar-refractivity contribution is -0.387. The molecule has 0 aliphatic heterocycles. The van der Waals surface area contributed by atoms with Gasteiger partial charge in [-0.3, -0.25) is 20.2 Å². The molecule has 2 rings (SSSR count). The molecule has 2 aromatic rings. The van der Waals surface area contributed by atoms with Gasteiger partial charge in [0, 0.05) is 12.1 Å². The zero-order chi connectivity index (χ0) is 15.4. The predicted octanol–water partition coefficient (Wildman–Crippen LogP) is 1.89. The second-order valence-electron chi connectivity index (χ2n) is 4.25. The van der Waals surface area contributed by atoms with Crippen LogP contribution in [0.1, 0.15) is 17.2 Å². The molecule has 0 saturated carbocycles. The van der Waals surface area contributed by atoms with E-state index in [0.29, 0.717) is 11.1 Å². The summed E-state index contributed by atoms with van der Waals surface area (Å²) in [5.41, 5.74) is 0.395. The van der Waals surface area contributed by atoms with Gasteiger partial charge in [0.05, 0.1) is 21.0 Å². The van der Waals surface area contributed by atoms with Crippen LogP contribution >= 0.6 is 0 Å². The lowest BCUT2D eigenvalue weighted by atomic mass is 9.98. The van der Waals surface area contributed by atoms with E-state index >= 15 is 0 Å². The van der Waals surface area contributed by atoms with Gasteiger partial charge < -0.3 is 4.43 Å². The summed E-state index contributed by atoms with van der Waals surface area (Å²) in [6.45, 7) is 0. The van der Waals surface area contributed by atoms with Crippen molar-refractivity contribution in [1.29, 1.82) is 0 Å². The highest BCUT2D eigenvalue weighted by Gasteiger charge is 2.27. The highest BCUT2D eigenvalue weighted by atomic mass is 28.2. The summed E-state index contributed by atoms with van der Waals surface area (Å²) in [5, 5.41) is 22.2. The zero-order valence-corrected chi connectivity index (χ0v) is 13.1. The van der Waals surface area contributed by atoms with Crippen LogP contribution in [0.3, 0.4) is 0 Å². The second kappa shape index (κ2) is 6.24. The highest BCUT2D eigenvalue weighted by Crippen LogP contribution is 2.36. The molecular weight excluding hydrogens is 292 g/mol. The quantitative estimate of drug-likeness (QED) is 0.477. The topological polar surface area (TPSA) is 95.5 Å². The van der Waals surface area contributed by atoms with Crippen LogP contribution in [0.2, 0.25) is 0 Å². The monoisotopic (exact) mass is 304 g/mol. The number of rotatable bonds is 5. The Morgan fingerprint density at radius 3 is 1.57 bits per heavy atom. The predicted molar refractivity (Wildman–Crippen MR) is 79.1 cm³/mol. The first-order valence-corrected chi connectivity index (χ1v) is 6.87. The first-order chi connectivity index (χ1) is 10.1. The van der Waals surface area contributed by atoms with Crippen LogP contribution in [0.4, 0.5) is 11.4 Å². The highest BCUT2D eigenvalue weighted by molar-refractivity contribution is 5.98. The third-order valence-corrected chi connectivity index (χ3v) is 3.54. The summed E-state index contributed by atoms with van der Waals surface area (Å²) in [4.78, 5) is 21.2. The number of nitro benzene ring substituents is 2. The molecular formula is C13H12N2O5Si. The minimum Gasteiger partial charge on any atom is -0.416 e. The summed E-state index contributed by atoms with van der Waals surface area (Å²) in [7, 11) is 0.284. The molecule has 0 amide bonds. The van der Waals surface area contributed by atoms with Gasteiger partial charge in [0.25, 0.3) is 11.4 Å². The molecule has 0 unspecified atom stereocenters. The Hall–Kier alpha value is -2.58. The molecule has 0 bridgehead atoms. The fourth-order valence-corrected chi connectivity index (χ4v) is 2.68. The minimum absolute atomic E-state index is 0.114. The Morgan fingerprint density at radius 2 is 1.24 bits per heavy atom. The maximum absolute atomic E-state index is 11.1. The molecule has 0 N–H and O–H groups in total. The van der Waals surface area contributed by atoms with Crippen LogP contribution in [-0.4, -0.2) is 20.3 Å². The number of benzene rings is 2. The van der Waals surface area contributed by atoms with Crippen molar-refractivity contribution in [3.8, 4) is 0 Å². The second-order valence-corrected chi connectivity index (χ2v) is 4.72. The molecule has 0 aromatic heterocycles. The SMILES string of the molecule is O=[N+]([O-])c1ccccc1C(O[SiH3])c1ccccc1[N+](=O)[O-]. The summed E-state index contributed by atoms with van der Waals surface area (Å²) in [6, 6.07) is 12.2. The molecule has 0 atom stereocenters. The molecule has 0 radical (unpaired) electrons. The first-order valence-electron chi connectivity index (χ1n) is 6.05. The van der Waals surface area contributed by atoms with E-state index in [0.717, 1.165) is 0 Å². The number of nitrogens with zero attached hydrogens (tertiary/aromatic N) is 2. The Morgan fingerprint density at radius 1 is 0.857 bits per heavy atom. The van der Waals surface area contributed by atoms with E-state index in [-0.39, 0.29) is 21.9 Å². The van der Waals surface area contributed by atoms with Gasteiger partial charge in [-0.1, -0.05) is 24.3 Å². The molecule has 0 fully saturated rings. The molecule has 108 valence electrons. The third-order valence-electron chi connectivity index (χ3n) is 3.07. The number of nitro groups is 2. The van der Waals surface area contributed by atoms with Crippen molar-refractivity contribution < 1.29 is 14.3 Å². The van der Waals surface area contributed by atoms with Crippen LogP contribution in [0, 0.1) is 20.2 Å². The van der Waals surface area contributed by atoms with Gasteiger partial charge >= 0.3 is 0 Å². The smallest absolute Gasteiger partial charge is 0.275 e. The molecule has 21 heavy (non-hydrogen) atoms.